The second-order valence-corrected chi connectivity index (χ2v) is 20.5. The quantitative estimate of drug-likeness (QED) is 0.165. The second-order valence-electron chi connectivity index (χ2n) is 17.8. The van der Waals surface area contributed by atoms with E-state index in [0.29, 0.717) is 40.2 Å². The Morgan fingerprint density at radius 3 is 2.51 bits per heavy atom. The molecule has 16 nitrogen and oxygen atoms in total. The summed E-state index contributed by atoms with van der Waals surface area (Å²) in [5.74, 6) is -2.98. The average molecular weight is 907 g/mol. The smallest absolute Gasteiger partial charge is 0.408 e. The first-order chi connectivity index (χ1) is 29.8. The number of aromatic nitrogens is 3. The summed E-state index contributed by atoms with van der Waals surface area (Å²) in [4.78, 5) is 67.4. The van der Waals surface area contributed by atoms with Crippen molar-refractivity contribution in [2.24, 2.45) is 5.92 Å². The van der Waals surface area contributed by atoms with E-state index < -0.39 is 69.3 Å². The molecule has 4 heterocycles. The van der Waals surface area contributed by atoms with Crippen LogP contribution in [0.3, 0.4) is 0 Å². The van der Waals surface area contributed by atoms with Gasteiger partial charge >= 0.3 is 16.3 Å². The molecular formula is C44H55FN8O8S2. The number of ether oxygens (including phenoxy) is 2. The van der Waals surface area contributed by atoms with Crippen molar-refractivity contribution in [2.45, 2.75) is 115 Å². The van der Waals surface area contributed by atoms with E-state index in [9.17, 15) is 32.0 Å². The monoisotopic (exact) mass is 906 g/mol. The highest BCUT2D eigenvalue weighted by molar-refractivity contribution is 7.87. The summed E-state index contributed by atoms with van der Waals surface area (Å²) in [5, 5.41) is 8.03. The van der Waals surface area contributed by atoms with Crippen LogP contribution < -0.4 is 20.1 Å². The zero-order chi connectivity index (χ0) is 45.4. The largest absolute Gasteiger partial charge is 0.459 e. The van der Waals surface area contributed by atoms with Gasteiger partial charge in [0.15, 0.2) is 0 Å². The highest BCUT2D eigenvalue weighted by Gasteiger charge is 2.62. The van der Waals surface area contributed by atoms with Crippen molar-refractivity contribution in [3.63, 3.8) is 0 Å². The lowest BCUT2D eigenvalue weighted by Gasteiger charge is -2.30. The van der Waals surface area contributed by atoms with Crippen molar-refractivity contribution in [3.05, 3.63) is 65.8 Å². The number of benzene rings is 2. The van der Waals surface area contributed by atoms with Gasteiger partial charge in [0.05, 0.1) is 17.8 Å². The summed E-state index contributed by atoms with van der Waals surface area (Å²) in [7, 11) is -1.63. The topological polar surface area (TPSA) is 194 Å². The van der Waals surface area contributed by atoms with E-state index >= 15 is 0 Å². The molecule has 0 spiro atoms. The molecule has 3 N–H and O–H groups in total. The van der Waals surface area contributed by atoms with Gasteiger partial charge in [-0.15, -0.1) is 11.3 Å². The van der Waals surface area contributed by atoms with Gasteiger partial charge in [0.2, 0.25) is 11.8 Å². The van der Waals surface area contributed by atoms with Crippen molar-refractivity contribution >= 4 is 56.4 Å². The zero-order valence-electron chi connectivity index (χ0n) is 36.5. The molecule has 1 saturated carbocycles. The van der Waals surface area contributed by atoms with Crippen LogP contribution in [-0.4, -0.2) is 106 Å². The number of para-hydroxylation sites is 1. The third-order valence-corrected chi connectivity index (χ3v) is 13.7. The first-order valence-corrected chi connectivity index (χ1v) is 23.5. The number of hydrogen-bond acceptors (Lipinski definition) is 11. The average Bonchev–Trinajstić information content (AvgIpc) is 3.55. The minimum Gasteiger partial charge on any atom is -0.459 e. The Kier molecular flexibility index (Phi) is 13.0. The molecule has 0 radical (unpaired) electrons. The predicted molar refractivity (Wildman–Crippen MR) is 236 cm³/mol. The van der Waals surface area contributed by atoms with Crippen LogP contribution in [0.1, 0.15) is 85.6 Å². The summed E-state index contributed by atoms with van der Waals surface area (Å²) in [6.07, 6.45) is 5.32. The maximum absolute atomic E-state index is 14.7. The standard InChI is InChI=1S/C44H55FN8O8S2/c1-26(2)53-34-21-15-18-30(38-46-33(25-62-38)29-17-13-14-19-31(29)45)36(34)48-41(53)60-28-22-35-37(54)49-44(40(56)50-63(58,59)51(6)7)23-27(44)16-11-9-8-10-12-20-32(39(55)52(35)24-28)47-42(57)61-43(3,4)5/h11,13-19,21,25-28,32,35H,8-10,12,20,22-24H2,1-7H3,(H,47,57)(H,49,54)(H,50,56)/t27-,28-,32+,35+,44-/m1/s1. The summed E-state index contributed by atoms with van der Waals surface area (Å²) >= 11 is 1.36. The number of rotatable bonds is 9. The predicted octanol–water partition coefficient (Wildman–Crippen LogP) is 6.11. The van der Waals surface area contributed by atoms with Gasteiger partial charge in [-0.05, 0) is 84.6 Å². The van der Waals surface area contributed by atoms with Gasteiger partial charge in [0.25, 0.3) is 11.9 Å². The van der Waals surface area contributed by atoms with Crippen molar-refractivity contribution < 1.29 is 41.5 Å². The van der Waals surface area contributed by atoms with Crippen molar-refractivity contribution in [2.75, 3.05) is 20.6 Å². The number of allylic oxidation sites excluding steroid dienone is 1. The molecule has 2 aromatic heterocycles. The van der Waals surface area contributed by atoms with E-state index in [1.165, 1.54) is 36.4 Å². The molecule has 338 valence electrons. The molecule has 4 amide bonds. The van der Waals surface area contributed by atoms with Crippen molar-refractivity contribution in [3.8, 4) is 27.8 Å². The van der Waals surface area contributed by atoms with E-state index in [-0.39, 0.29) is 43.7 Å². The molecule has 2 aliphatic heterocycles. The number of amides is 4. The number of carbonyl (C=O) groups is 4. The van der Waals surface area contributed by atoms with Gasteiger partial charge in [0.1, 0.15) is 45.7 Å². The number of nitrogens with one attached hydrogen (secondary N) is 3. The van der Waals surface area contributed by atoms with E-state index in [4.69, 9.17) is 19.4 Å². The molecule has 0 unspecified atom stereocenters. The molecule has 4 aromatic rings. The van der Waals surface area contributed by atoms with E-state index in [1.807, 2.05) is 48.8 Å². The van der Waals surface area contributed by atoms with Crippen LogP contribution in [0.4, 0.5) is 9.18 Å². The fourth-order valence-corrected chi connectivity index (χ4v) is 9.55. The number of nitrogens with zero attached hydrogens (tertiary/aromatic N) is 5. The van der Waals surface area contributed by atoms with Crippen LogP contribution in [0.5, 0.6) is 6.01 Å². The fraction of sp³-hybridized carbons (Fsp3) is 0.500. The molecule has 1 saturated heterocycles. The Bertz CT molecular complexity index is 2530. The molecule has 1 aliphatic carbocycles. The Morgan fingerprint density at radius 1 is 1.05 bits per heavy atom. The fourth-order valence-electron chi connectivity index (χ4n) is 8.10. The lowest BCUT2D eigenvalue weighted by atomic mass is 10.0. The van der Waals surface area contributed by atoms with Gasteiger partial charge in [-0.2, -0.15) is 17.7 Å². The molecule has 0 bridgehead atoms. The summed E-state index contributed by atoms with van der Waals surface area (Å²) in [5.41, 5.74) is 0.490. The normalized spacial score (nSPS) is 23.4. The number of hydrogen-bond donors (Lipinski definition) is 3. The number of imidazole rings is 1. The molecule has 5 atom stereocenters. The lowest BCUT2D eigenvalue weighted by Crippen LogP contribution is -2.58. The summed E-state index contributed by atoms with van der Waals surface area (Å²) in [6.45, 7) is 9.03. The number of fused-ring (bicyclic) bond motifs is 3. The van der Waals surface area contributed by atoms with Crippen molar-refractivity contribution in [1.82, 2.24) is 39.1 Å². The number of thiazole rings is 1. The van der Waals surface area contributed by atoms with E-state index in [1.54, 1.807) is 44.4 Å². The van der Waals surface area contributed by atoms with Gasteiger partial charge in [-0.1, -0.05) is 43.2 Å². The number of carbonyl (C=O) groups excluding carboxylic acids is 4. The molecular weight excluding hydrogens is 852 g/mol. The Balaban J connectivity index is 1.23. The minimum atomic E-state index is -4.21. The maximum Gasteiger partial charge on any atom is 0.408 e. The third kappa shape index (κ3) is 9.89. The summed E-state index contributed by atoms with van der Waals surface area (Å²) < 4.78 is 57.5. The summed E-state index contributed by atoms with van der Waals surface area (Å²) in [6, 6.07) is 9.97. The first kappa shape index (κ1) is 45.6. The van der Waals surface area contributed by atoms with Crippen LogP contribution in [0.25, 0.3) is 32.9 Å². The highest BCUT2D eigenvalue weighted by atomic mass is 32.2. The number of halogens is 1. The van der Waals surface area contributed by atoms with Crippen LogP contribution in [0, 0.1) is 11.7 Å². The lowest BCUT2D eigenvalue weighted by molar-refractivity contribution is -0.141. The Morgan fingerprint density at radius 2 is 1.79 bits per heavy atom. The maximum atomic E-state index is 14.7. The third-order valence-electron chi connectivity index (χ3n) is 11.4. The van der Waals surface area contributed by atoms with Crippen molar-refractivity contribution in [1.29, 1.82) is 0 Å². The van der Waals surface area contributed by atoms with Crippen LogP contribution in [-0.2, 0) is 29.3 Å². The highest BCUT2D eigenvalue weighted by Crippen LogP contribution is 2.46. The molecule has 2 aromatic carbocycles. The molecule has 63 heavy (non-hydrogen) atoms. The van der Waals surface area contributed by atoms with Crippen LogP contribution in [0.15, 0.2) is 60.0 Å². The minimum absolute atomic E-state index is 0.0163. The van der Waals surface area contributed by atoms with Gasteiger partial charge in [-0.25, -0.2) is 18.9 Å². The number of alkyl carbamates (subject to hydrolysis) is 1. The SMILES string of the molecule is CC(C)n1c(O[C@@H]2C[C@H]3C(=O)N[C@]4(C(=O)NS(=O)(=O)N(C)C)C[C@H]4C=CCCCCC[C@H](NC(=O)OC(C)(C)C)C(=O)N3C2)nc2c(-c3nc(-c4ccccc4F)cs3)cccc21. The molecule has 7 rings (SSSR count). The Hall–Kier alpha value is -5.40. The van der Waals surface area contributed by atoms with Crippen LogP contribution >= 0.6 is 11.3 Å². The van der Waals surface area contributed by atoms with Gasteiger partial charge < -0.3 is 25.0 Å². The van der Waals surface area contributed by atoms with E-state index in [2.05, 4.69) is 15.4 Å². The second kappa shape index (κ2) is 18.0. The van der Waals surface area contributed by atoms with Gasteiger partial charge in [-0.3, -0.25) is 19.0 Å². The first-order valence-electron chi connectivity index (χ1n) is 21.2. The van der Waals surface area contributed by atoms with Gasteiger partial charge in [0, 0.05) is 49.0 Å². The van der Waals surface area contributed by atoms with E-state index in [0.717, 1.165) is 22.7 Å². The Labute approximate surface area is 370 Å². The molecule has 3 aliphatic rings. The molecule has 19 heteroatoms. The van der Waals surface area contributed by atoms with Crippen LogP contribution in [0.2, 0.25) is 0 Å². The zero-order valence-corrected chi connectivity index (χ0v) is 38.1. The molecule has 2 fully saturated rings.